The molecular weight excluding hydrogens is 318 g/mol. The minimum atomic E-state index is -0.0224. The highest BCUT2D eigenvalue weighted by atomic mass is 79.9. The first kappa shape index (κ1) is 15.3. The van der Waals surface area contributed by atoms with Crippen molar-refractivity contribution in [1.82, 2.24) is 19.6 Å². The van der Waals surface area contributed by atoms with Crippen LogP contribution in [0.2, 0.25) is 0 Å². The number of nitrogens with zero attached hydrogens (tertiary/aromatic N) is 4. The topological polar surface area (TPSA) is 61.7 Å². The van der Waals surface area contributed by atoms with Crippen LogP contribution in [0.25, 0.3) is 0 Å². The minimum absolute atomic E-state index is 0.0224. The minimum Gasteiger partial charge on any atom is -0.323 e. The van der Waals surface area contributed by atoms with E-state index in [2.05, 4.69) is 46.9 Å². The van der Waals surface area contributed by atoms with Crippen LogP contribution in [-0.2, 0) is 20.0 Å². The van der Waals surface area contributed by atoms with Gasteiger partial charge in [-0.25, -0.2) is 0 Å². The van der Waals surface area contributed by atoms with Gasteiger partial charge in [0.2, 0.25) is 0 Å². The molecule has 0 saturated carbocycles. The van der Waals surface area contributed by atoms with E-state index in [1.807, 2.05) is 22.6 Å². The molecule has 20 heavy (non-hydrogen) atoms. The standard InChI is InChI=1S/C14H22BrN5/c1-5-20-14(12(15)8-17-20)13(16)7-6-11-9(2)18-19(4)10(11)3/h8,13H,5-7,16H2,1-4H3. The van der Waals surface area contributed by atoms with Gasteiger partial charge in [-0.1, -0.05) is 0 Å². The Morgan fingerprint density at radius 2 is 2.10 bits per heavy atom. The lowest BCUT2D eigenvalue weighted by molar-refractivity contribution is 0.544. The zero-order valence-electron chi connectivity index (χ0n) is 12.5. The van der Waals surface area contributed by atoms with E-state index in [1.54, 1.807) is 0 Å². The number of halogens is 1. The lowest BCUT2D eigenvalue weighted by Gasteiger charge is -2.14. The van der Waals surface area contributed by atoms with Crippen LogP contribution in [0.1, 0.15) is 42.0 Å². The summed E-state index contributed by atoms with van der Waals surface area (Å²) in [7, 11) is 1.98. The summed E-state index contributed by atoms with van der Waals surface area (Å²) in [5.74, 6) is 0. The summed E-state index contributed by atoms with van der Waals surface area (Å²) >= 11 is 3.54. The van der Waals surface area contributed by atoms with E-state index in [0.717, 1.165) is 35.2 Å². The second kappa shape index (κ2) is 6.10. The van der Waals surface area contributed by atoms with E-state index >= 15 is 0 Å². The molecule has 0 aromatic carbocycles. The van der Waals surface area contributed by atoms with E-state index in [1.165, 1.54) is 11.3 Å². The van der Waals surface area contributed by atoms with E-state index in [-0.39, 0.29) is 6.04 Å². The smallest absolute Gasteiger partial charge is 0.0693 e. The molecule has 1 unspecified atom stereocenters. The van der Waals surface area contributed by atoms with Crippen LogP contribution in [0, 0.1) is 13.8 Å². The molecule has 0 saturated heterocycles. The van der Waals surface area contributed by atoms with Crippen molar-refractivity contribution in [3.05, 3.63) is 33.3 Å². The summed E-state index contributed by atoms with van der Waals surface area (Å²) in [6, 6.07) is -0.0224. The van der Waals surface area contributed by atoms with Crippen molar-refractivity contribution >= 4 is 15.9 Å². The second-order valence-electron chi connectivity index (χ2n) is 5.11. The van der Waals surface area contributed by atoms with Crippen LogP contribution in [0.15, 0.2) is 10.7 Å². The van der Waals surface area contributed by atoms with E-state index < -0.39 is 0 Å². The maximum absolute atomic E-state index is 6.35. The van der Waals surface area contributed by atoms with E-state index in [9.17, 15) is 0 Å². The number of aromatic nitrogens is 4. The highest BCUT2D eigenvalue weighted by Gasteiger charge is 2.17. The molecule has 0 radical (unpaired) electrons. The van der Waals surface area contributed by atoms with Gasteiger partial charge in [0.05, 0.1) is 22.1 Å². The predicted octanol–water partition coefficient (Wildman–Crippen LogP) is 2.65. The van der Waals surface area contributed by atoms with Gasteiger partial charge < -0.3 is 5.73 Å². The van der Waals surface area contributed by atoms with E-state index in [0.29, 0.717) is 0 Å². The molecule has 2 heterocycles. The number of rotatable bonds is 5. The van der Waals surface area contributed by atoms with Gasteiger partial charge in [0.1, 0.15) is 0 Å². The molecule has 1 atom stereocenters. The zero-order chi connectivity index (χ0) is 14.9. The molecule has 0 amide bonds. The van der Waals surface area contributed by atoms with Crippen LogP contribution in [-0.4, -0.2) is 19.6 Å². The highest BCUT2D eigenvalue weighted by molar-refractivity contribution is 9.10. The number of aryl methyl sites for hydroxylation is 3. The van der Waals surface area contributed by atoms with Crippen LogP contribution in [0.5, 0.6) is 0 Å². The molecule has 0 aliphatic heterocycles. The van der Waals surface area contributed by atoms with Gasteiger partial charge in [-0.3, -0.25) is 9.36 Å². The molecule has 0 aliphatic carbocycles. The molecule has 0 aliphatic rings. The molecule has 0 spiro atoms. The van der Waals surface area contributed by atoms with Gasteiger partial charge in [-0.05, 0) is 55.1 Å². The van der Waals surface area contributed by atoms with Crippen LogP contribution in [0.3, 0.4) is 0 Å². The Bertz CT molecular complexity index is 599. The lowest BCUT2D eigenvalue weighted by atomic mass is 10.0. The van der Waals surface area contributed by atoms with Crippen molar-refractivity contribution < 1.29 is 0 Å². The Hall–Kier alpha value is -1.14. The summed E-state index contributed by atoms with van der Waals surface area (Å²) in [6.07, 6.45) is 3.64. The summed E-state index contributed by atoms with van der Waals surface area (Å²) < 4.78 is 4.88. The Labute approximate surface area is 128 Å². The van der Waals surface area contributed by atoms with Gasteiger partial charge in [0.25, 0.3) is 0 Å². The van der Waals surface area contributed by atoms with Crippen molar-refractivity contribution in [3.63, 3.8) is 0 Å². The normalized spacial score (nSPS) is 12.9. The summed E-state index contributed by atoms with van der Waals surface area (Å²) in [4.78, 5) is 0. The van der Waals surface area contributed by atoms with Crippen molar-refractivity contribution in [1.29, 1.82) is 0 Å². The molecule has 6 heteroatoms. The fourth-order valence-electron chi connectivity index (χ4n) is 2.61. The molecule has 2 N–H and O–H groups in total. The molecule has 2 aromatic rings. The molecule has 2 rings (SSSR count). The second-order valence-corrected chi connectivity index (χ2v) is 5.97. The largest absolute Gasteiger partial charge is 0.323 e. The van der Waals surface area contributed by atoms with Gasteiger partial charge in [-0.15, -0.1) is 0 Å². The van der Waals surface area contributed by atoms with Crippen molar-refractivity contribution in [2.45, 2.75) is 46.2 Å². The van der Waals surface area contributed by atoms with Gasteiger partial charge in [0, 0.05) is 25.3 Å². The highest BCUT2D eigenvalue weighted by Crippen LogP contribution is 2.26. The van der Waals surface area contributed by atoms with Crippen molar-refractivity contribution in [3.8, 4) is 0 Å². The van der Waals surface area contributed by atoms with E-state index in [4.69, 9.17) is 5.73 Å². The van der Waals surface area contributed by atoms with Crippen LogP contribution in [0.4, 0.5) is 0 Å². The first-order chi connectivity index (χ1) is 9.45. The first-order valence-corrected chi connectivity index (χ1v) is 7.70. The Kier molecular flexibility index (Phi) is 4.65. The summed E-state index contributed by atoms with van der Waals surface area (Å²) in [6.45, 7) is 7.07. The van der Waals surface area contributed by atoms with Gasteiger partial charge in [0.15, 0.2) is 0 Å². The molecule has 2 aromatic heterocycles. The molecule has 0 fully saturated rings. The quantitative estimate of drug-likeness (QED) is 0.910. The Morgan fingerprint density at radius 1 is 1.40 bits per heavy atom. The van der Waals surface area contributed by atoms with Crippen LogP contribution < -0.4 is 5.73 Å². The van der Waals surface area contributed by atoms with Crippen molar-refractivity contribution in [2.75, 3.05) is 0 Å². The fraction of sp³-hybridized carbons (Fsp3) is 0.571. The third-order valence-corrected chi connectivity index (χ3v) is 4.46. The molecule has 110 valence electrons. The monoisotopic (exact) mass is 339 g/mol. The molecular formula is C14H22BrN5. The SMILES string of the molecule is CCn1ncc(Br)c1C(N)CCc1c(C)nn(C)c1C. The van der Waals surface area contributed by atoms with Crippen LogP contribution >= 0.6 is 15.9 Å². The lowest BCUT2D eigenvalue weighted by Crippen LogP contribution is -2.17. The number of hydrogen-bond donors (Lipinski definition) is 1. The first-order valence-electron chi connectivity index (χ1n) is 6.91. The summed E-state index contributed by atoms with van der Waals surface area (Å²) in [5.41, 5.74) is 11.1. The number of hydrogen-bond acceptors (Lipinski definition) is 3. The van der Waals surface area contributed by atoms with Crippen molar-refractivity contribution in [2.24, 2.45) is 12.8 Å². The molecule has 0 bridgehead atoms. The average molecular weight is 340 g/mol. The third kappa shape index (κ3) is 2.81. The predicted molar refractivity (Wildman–Crippen MR) is 83.5 cm³/mol. The number of nitrogens with two attached hydrogens (primary N) is 1. The maximum atomic E-state index is 6.35. The average Bonchev–Trinajstić information content (AvgIpc) is 2.89. The Balaban J connectivity index is 2.12. The summed E-state index contributed by atoms with van der Waals surface area (Å²) in [5, 5.41) is 8.77. The Morgan fingerprint density at radius 3 is 2.65 bits per heavy atom. The third-order valence-electron chi connectivity index (χ3n) is 3.85. The zero-order valence-corrected chi connectivity index (χ0v) is 14.1. The van der Waals surface area contributed by atoms with Gasteiger partial charge >= 0.3 is 0 Å². The van der Waals surface area contributed by atoms with Gasteiger partial charge in [-0.2, -0.15) is 10.2 Å². The maximum Gasteiger partial charge on any atom is 0.0693 e. The molecule has 5 nitrogen and oxygen atoms in total. The fourth-order valence-corrected chi connectivity index (χ4v) is 3.20.